The van der Waals surface area contributed by atoms with Gasteiger partial charge in [0, 0.05) is 6.54 Å². The first-order chi connectivity index (χ1) is 9.08. The number of benzene rings is 1. The molecule has 4 nitrogen and oxygen atoms in total. The molecule has 4 N–H and O–H groups in total. The van der Waals surface area contributed by atoms with Crippen LogP contribution in [0.3, 0.4) is 0 Å². The van der Waals surface area contributed by atoms with E-state index in [1.54, 1.807) is 0 Å². The molecule has 1 aromatic carbocycles. The highest BCUT2D eigenvalue weighted by Gasteiger charge is 2.21. The van der Waals surface area contributed by atoms with Crippen molar-refractivity contribution >= 4 is 5.91 Å². The zero-order valence-corrected chi connectivity index (χ0v) is 11.7. The van der Waals surface area contributed by atoms with Gasteiger partial charge in [-0.15, -0.1) is 0 Å². The predicted octanol–water partition coefficient (Wildman–Crippen LogP) is 1.46. The monoisotopic (exact) mass is 264 g/mol. The Hall–Kier alpha value is -1.39. The van der Waals surface area contributed by atoms with Gasteiger partial charge in [0.05, 0.1) is 18.6 Å². The normalized spacial score (nSPS) is 14.2. The molecule has 2 atom stereocenters. The molecule has 0 aliphatic carbocycles. The zero-order chi connectivity index (χ0) is 14.3. The molecule has 0 aromatic heterocycles. The summed E-state index contributed by atoms with van der Waals surface area (Å²) in [7, 11) is 0. The van der Waals surface area contributed by atoms with Crippen LogP contribution in [0.1, 0.15) is 31.9 Å². The number of aliphatic hydroxyl groups excluding tert-OH is 1. The Balaban J connectivity index is 2.67. The van der Waals surface area contributed by atoms with Gasteiger partial charge in [-0.05, 0) is 17.9 Å². The van der Waals surface area contributed by atoms with Crippen LogP contribution in [0.15, 0.2) is 30.3 Å². The maximum Gasteiger partial charge on any atom is 0.224 e. The second-order valence-corrected chi connectivity index (χ2v) is 5.22. The average molecular weight is 264 g/mol. The van der Waals surface area contributed by atoms with Crippen LogP contribution in [-0.2, 0) is 4.79 Å². The van der Waals surface area contributed by atoms with Crippen LogP contribution in [0, 0.1) is 11.8 Å². The molecule has 0 aliphatic rings. The van der Waals surface area contributed by atoms with Crippen LogP contribution in [0.4, 0.5) is 0 Å². The second kappa shape index (κ2) is 7.92. The number of nitrogens with two attached hydrogens (primary N) is 1. The van der Waals surface area contributed by atoms with Gasteiger partial charge in [-0.1, -0.05) is 44.2 Å². The summed E-state index contributed by atoms with van der Waals surface area (Å²) in [4.78, 5) is 12.2. The van der Waals surface area contributed by atoms with Gasteiger partial charge < -0.3 is 16.2 Å². The lowest BCUT2D eigenvalue weighted by Crippen LogP contribution is -2.39. The lowest BCUT2D eigenvalue weighted by atomic mass is 9.95. The smallest absolute Gasteiger partial charge is 0.224 e. The van der Waals surface area contributed by atoms with E-state index in [2.05, 4.69) is 19.2 Å². The molecule has 0 heterocycles. The average Bonchev–Trinajstić information content (AvgIpc) is 2.42. The molecule has 1 amide bonds. The van der Waals surface area contributed by atoms with Gasteiger partial charge in [-0.25, -0.2) is 0 Å². The number of carbonyl (C=O) groups is 1. The number of carbonyl (C=O) groups excluding carboxylic acids is 1. The first-order valence-corrected chi connectivity index (χ1v) is 6.74. The molecular weight excluding hydrogens is 240 g/mol. The predicted molar refractivity (Wildman–Crippen MR) is 76.4 cm³/mol. The molecule has 106 valence electrons. The number of hydrogen-bond donors (Lipinski definition) is 3. The Morgan fingerprint density at radius 3 is 2.42 bits per heavy atom. The van der Waals surface area contributed by atoms with E-state index in [1.165, 1.54) is 0 Å². The van der Waals surface area contributed by atoms with Crippen LogP contribution in [-0.4, -0.2) is 24.2 Å². The molecule has 0 saturated carbocycles. The third-order valence-corrected chi connectivity index (χ3v) is 3.11. The summed E-state index contributed by atoms with van der Waals surface area (Å²) in [6.07, 6.45) is 0.759. The molecule has 0 radical (unpaired) electrons. The summed E-state index contributed by atoms with van der Waals surface area (Å²) < 4.78 is 0. The Kier molecular flexibility index (Phi) is 6.53. The minimum absolute atomic E-state index is 0.0842. The number of nitrogens with one attached hydrogen (secondary N) is 1. The number of hydrogen-bond acceptors (Lipinski definition) is 3. The fourth-order valence-corrected chi connectivity index (χ4v) is 2.09. The fraction of sp³-hybridized carbons (Fsp3) is 0.533. The summed E-state index contributed by atoms with van der Waals surface area (Å²) in [6.45, 7) is 4.35. The van der Waals surface area contributed by atoms with E-state index >= 15 is 0 Å². The highest BCUT2D eigenvalue weighted by molar-refractivity contribution is 5.79. The largest absolute Gasteiger partial charge is 0.394 e. The minimum atomic E-state index is -0.366. The van der Waals surface area contributed by atoms with Gasteiger partial charge in [-0.2, -0.15) is 0 Å². The van der Waals surface area contributed by atoms with E-state index in [0.29, 0.717) is 12.5 Å². The van der Waals surface area contributed by atoms with E-state index in [0.717, 1.165) is 12.0 Å². The van der Waals surface area contributed by atoms with E-state index in [1.807, 2.05) is 30.3 Å². The van der Waals surface area contributed by atoms with Gasteiger partial charge in [-0.3, -0.25) is 4.79 Å². The second-order valence-electron chi connectivity index (χ2n) is 5.22. The SMILES string of the molecule is CC(C)CC(CN)C(=O)N[C@@H](CO)c1ccccc1. The first-order valence-electron chi connectivity index (χ1n) is 6.74. The molecule has 0 aliphatic heterocycles. The van der Waals surface area contributed by atoms with Gasteiger partial charge >= 0.3 is 0 Å². The van der Waals surface area contributed by atoms with Gasteiger partial charge in [0.1, 0.15) is 0 Å². The summed E-state index contributed by atoms with van der Waals surface area (Å²) in [5, 5.41) is 12.3. The third kappa shape index (κ3) is 5.01. The molecule has 19 heavy (non-hydrogen) atoms. The molecule has 1 rings (SSSR count). The van der Waals surface area contributed by atoms with Crippen LogP contribution in [0.2, 0.25) is 0 Å². The van der Waals surface area contributed by atoms with Crippen molar-refractivity contribution < 1.29 is 9.90 Å². The Labute approximate surface area is 115 Å². The summed E-state index contributed by atoms with van der Waals surface area (Å²) in [5.41, 5.74) is 6.56. The van der Waals surface area contributed by atoms with Crippen molar-refractivity contribution in [3.63, 3.8) is 0 Å². The molecule has 0 bridgehead atoms. The van der Waals surface area contributed by atoms with Gasteiger partial charge in [0.15, 0.2) is 0 Å². The summed E-state index contributed by atoms with van der Waals surface area (Å²) in [5.74, 6) is 0.139. The zero-order valence-electron chi connectivity index (χ0n) is 11.7. The van der Waals surface area contributed by atoms with Crippen LogP contribution in [0.5, 0.6) is 0 Å². The fourth-order valence-electron chi connectivity index (χ4n) is 2.09. The third-order valence-electron chi connectivity index (χ3n) is 3.11. The van der Waals surface area contributed by atoms with Crippen molar-refractivity contribution in [2.45, 2.75) is 26.3 Å². The lowest BCUT2D eigenvalue weighted by molar-refractivity contribution is -0.126. The van der Waals surface area contributed by atoms with Crippen LogP contribution >= 0.6 is 0 Å². The number of amides is 1. The molecule has 1 aromatic rings. The quantitative estimate of drug-likeness (QED) is 0.698. The van der Waals surface area contributed by atoms with Crippen molar-refractivity contribution in [2.75, 3.05) is 13.2 Å². The van der Waals surface area contributed by atoms with E-state index in [-0.39, 0.29) is 24.5 Å². The van der Waals surface area contributed by atoms with Crippen molar-refractivity contribution in [3.8, 4) is 0 Å². The highest BCUT2D eigenvalue weighted by atomic mass is 16.3. The Morgan fingerprint density at radius 1 is 1.32 bits per heavy atom. The number of rotatable bonds is 7. The summed E-state index contributed by atoms with van der Waals surface area (Å²) in [6, 6.07) is 9.09. The van der Waals surface area contributed by atoms with Crippen molar-refractivity contribution in [2.24, 2.45) is 17.6 Å². The standard InChI is InChI=1S/C15H24N2O2/c1-11(2)8-13(9-16)15(19)17-14(10-18)12-6-4-3-5-7-12/h3-7,11,13-14,18H,8-10,16H2,1-2H3,(H,17,19)/t13?,14-/m0/s1. The topological polar surface area (TPSA) is 75.4 Å². The van der Waals surface area contributed by atoms with Gasteiger partial charge in [0.2, 0.25) is 5.91 Å². The molecule has 0 spiro atoms. The minimum Gasteiger partial charge on any atom is -0.394 e. The molecule has 0 saturated heterocycles. The first kappa shape index (κ1) is 15.7. The van der Waals surface area contributed by atoms with E-state index in [4.69, 9.17) is 5.73 Å². The van der Waals surface area contributed by atoms with Crippen LogP contribution < -0.4 is 11.1 Å². The Morgan fingerprint density at radius 2 is 1.95 bits per heavy atom. The highest BCUT2D eigenvalue weighted by Crippen LogP contribution is 2.15. The maximum atomic E-state index is 12.2. The summed E-state index contributed by atoms with van der Waals surface area (Å²) >= 11 is 0. The molecule has 4 heteroatoms. The molecule has 0 fully saturated rings. The maximum absolute atomic E-state index is 12.2. The number of aliphatic hydroxyl groups is 1. The molecule has 1 unspecified atom stereocenters. The van der Waals surface area contributed by atoms with E-state index < -0.39 is 0 Å². The van der Waals surface area contributed by atoms with Crippen molar-refractivity contribution in [1.29, 1.82) is 0 Å². The van der Waals surface area contributed by atoms with Crippen LogP contribution in [0.25, 0.3) is 0 Å². The van der Waals surface area contributed by atoms with Crippen molar-refractivity contribution in [3.05, 3.63) is 35.9 Å². The molecular formula is C15H24N2O2. The van der Waals surface area contributed by atoms with Crippen molar-refractivity contribution in [1.82, 2.24) is 5.32 Å². The Bertz CT molecular complexity index is 379. The van der Waals surface area contributed by atoms with E-state index in [9.17, 15) is 9.90 Å². The van der Waals surface area contributed by atoms with Gasteiger partial charge in [0.25, 0.3) is 0 Å². The lowest BCUT2D eigenvalue weighted by Gasteiger charge is -2.22.